The molecule has 1 aliphatic heterocycles. The molecule has 0 aliphatic carbocycles. The summed E-state index contributed by atoms with van der Waals surface area (Å²) in [6, 6.07) is 5.84. The van der Waals surface area contributed by atoms with E-state index < -0.39 is 0 Å². The zero-order valence-corrected chi connectivity index (χ0v) is 13.5. The molecule has 5 heteroatoms. The zero-order valence-electron chi connectivity index (χ0n) is 13.5. The predicted molar refractivity (Wildman–Crippen MR) is 86.7 cm³/mol. The molecular weight excluding hydrogens is 280 g/mol. The van der Waals surface area contributed by atoms with Gasteiger partial charge in [0.2, 0.25) is 0 Å². The molecule has 2 rings (SSSR count). The van der Waals surface area contributed by atoms with Crippen LogP contribution in [-0.2, 0) is 5.41 Å². The number of hydrogen-bond donors (Lipinski definition) is 1. The van der Waals surface area contributed by atoms with Crippen LogP contribution < -0.4 is 14.8 Å². The Labute approximate surface area is 131 Å². The SMILES string of the molecule is C=CCN(C)C(=O)NCC(C)(C)c1ccc2c(c1)OCCO2. The molecule has 1 aliphatic rings. The number of carbonyl (C=O) groups is 1. The molecule has 0 saturated carbocycles. The number of nitrogens with one attached hydrogen (secondary N) is 1. The summed E-state index contributed by atoms with van der Waals surface area (Å²) in [4.78, 5) is 13.6. The monoisotopic (exact) mass is 304 g/mol. The second-order valence-corrected chi connectivity index (χ2v) is 6.07. The Kier molecular flexibility index (Phi) is 4.96. The first-order valence-electron chi connectivity index (χ1n) is 7.44. The fourth-order valence-electron chi connectivity index (χ4n) is 2.27. The zero-order chi connectivity index (χ0) is 16.2. The van der Waals surface area contributed by atoms with E-state index in [0.29, 0.717) is 26.3 Å². The second kappa shape index (κ2) is 6.73. The molecule has 0 bridgehead atoms. The van der Waals surface area contributed by atoms with E-state index in [4.69, 9.17) is 9.47 Å². The number of fused-ring (bicyclic) bond motifs is 1. The van der Waals surface area contributed by atoms with Crippen molar-refractivity contribution in [2.24, 2.45) is 0 Å². The van der Waals surface area contributed by atoms with Crippen LogP contribution in [0.4, 0.5) is 4.79 Å². The van der Waals surface area contributed by atoms with Crippen LogP contribution in [0.15, 0.2) is 30.9 Å². The van der Waals surface area contributed by atoms with Crippen molar-refractivity contribution in [3.63, 3.8) is 0 Å². The third-order valence-electron chi connectivity index (χ3n) is 3.75. The fraction of sp³-hybridized carbons (Fsp3) is 0.471. The summed E-state index contributed by atoms with van der Waals surface area (Å²) < 4.78 is 11.2. The molecule has 1 aromatic carbocycles. The summed E-state index contributed by atoms with van der Waals surface area (Å²) in [5.41, 5.74) is 0.893. The highest BCUT2D eigenvalue weighted by Crippen LogP contribution is 2.34. The number of nitrogens with zero attached hydrogens (tertiary/aromatic N) is 1. The standard InChI is InChI=1S/C17H24N2O3/c1-5-8-19(4)16(20)18-12-17(2,3)13-6-7-14-15(11-13)22-10-9-21-14/h5-7,11H,1,8-10,12H2,2-4H3,(H,18,20). The molecule has 1 heterocycles. The number of rotatable bonds is 5. The van der Waals surface area contributed by atoms with Crippen LogP contribution in [0.2, 0.25) is 0 Å². The molecule has 2 amide bonds. The van der Waals surface area contributed by atoms with E-state index in [1.165, 1.54) is 0 Å². The smallest absolute Gasteiger partial charge is 0.317 e. The van der Waals surface area contributed by atoms with Crippen molar-refractivity contribution < 1.29 is 14.3 Å². The largest absolute Gasteiger partial charge is 0.486 e. The number of amides is 2. The van der Waals surface area contributed by atoms with Crippen LogP contribution in [-0.4, -0.2) is 44.3 Å². The van der Waals surface area contributed by atoms with Gasteiger partial charge in [-0.25, -0.2) is 4.79 Å². The summed E-state index contributed by atoms with van der Waals surface area (Å²) >= 11 is 0. The molecule has 1 N–H and O–H groups in total. The fourth-order valence-corrected chi connectivity index (χ4v) is 2.27. The van der Waals surface area contributed by atoms with Crippen LogP contribution >= 0.6 is 0 Å². The molecule has 5 nitrogen and oxygen atoms in total. The molecule has 0 unspecified atom stereocenters. The van der Waals surface area contributed by atoms with Crippen LogP contribution in [0.3, 0.4) is 0 Å². The summed E-state index contributed by atoms with van der Waals surface area (Å²) in [7, 11) is 1.74. The normalized spacial score (nSPS) is 13.4. The average Bonchev–Trinajstić information content (AvgIpc) is 2.52. The van der Waals surface area contributed by atoms with Gasteiger partial charge in [-0.2, -0.15) is 0 Å². The Balaban J connectivity index is 2.03. The Bertz CT molecular complexity index is 555. The number of carbonyl (C=O) groups excluding carboxylic acids is 1. The first-order valence-corrected chi connectivity index (χ1v) is 7.44. The number of hydrogen-bond acceptors (Lipinski definition) is 3. The lowest BCUT2D eigenvalue weighted by Gasteiger charge is -2.28. The van der Waals surface area contributed by atoms with Crippen LogP contribution in [0, 0.1) is 0 Å². The van der Waals surface area contributed by atoms with Gasteiger partial charge in [0.1, 0.15) is 13.2 Å². The third-order valence-corrected chi connectivity index (χ3v) is 3.75. The maximum absolute atomic E-state index is 12.0. The first-order chi connectivity index (χ1) is 10.4. The Hall–Kier alpha value is -2.17. The van der Waals surface area contributed by atoms with Gasteiger partial charge in [0.25, 0.3) is 0 Å². The number of likely N-dealkylation sites (N-methyl/N-ethyl adjacent to an activating group) is 1. The van der Waals surface area contributed by atoms with E-state index in [1.54, 1.807) is 18.0 Å². The van der Waals surface area contributed by atoms with Crippen molar-refractivity contribution in [1.82, 2.24) is 10.2 Å². The highest BCUT2D eigenvalue weighted by atomic mass is 16.6. The molecule has 0 aromatic heterocycles. The Morgan fingerprint density at radius 1 is 1.36 bits per heavy atom. The molecule has 120 valence electrons. The van der Waals surface area contributed by atoms with E-state index in [-0.39, 0.29) is 11.4 Å². The summed E-state index contributed by atoms with van der Waals surface area (Å²) in [6.45, 7) is 10.0. The van der Waals surface area contributed by atoms with Crippen molar-refractivity contribution >= 4 is 6.03 Å². The van der Waals surface area contributed by atoms with E-state index in [0.717, 1.165) is 17.1 Å². The maximum Gasteiger partial charge on any atom is 0.317 e. The van der Waals surface area contributed by atoms with E-state index in [9.17, 15) is 4.79 Å². The summed E-state index contributed by atoms with van der Waals surface area (Å²) in [6.07, 6.45) is 1.70. The second-order valence-electron chi connectivity index (χ2n) is 6.07. The Morgan fingerprint density at radius 2 is 2.05 bits per heavy atom. The first kappa shape index (κ1) is 16.2. The van der Waals surface area contributed by atoms with Gasteiger partial charge in [0, 0.05) is 25.6 Å². The van der Waals surface area contributed by atoms with Crippen molar-refractivity contribution in [3.05, 3.63) is 36.4 Å². The summed E-state index contributed by atoms with van der Waals surface area (Å²) in [5, 5.41) is 2.95. The van der Waals surface area contributed by atoms with E-state index >= 15 is 0 Å². The minimum Gasteiger partial charge on any atom is -0.486 e. The molecule has 0 fully saturated rings. The predicted octanol–water partition coefficient (Wildman–Crippen LogP) is 2.56. The number of ether oxygens (including phenoxy) is 2. The van der Waals surface area contributed by atoms with Crippen LogP contribution in [0.25, 0.3) is 0 Å². The van der Waals surface area contributed by atoms with Gasteiger partial charge in [-0.05, 0) is 17.7 Å². The molecule has 0 spiro atoms. The van der Waals surface area contributed by atoms with Crippen LogP contribution in [0.1, 0.15) is 19.4 Å². The van der Waals surface area contributed by atoms with Crippen molar-refractivity contribution in [1.29, 1.82) is 0 Å². The number of benzene rings is 1. The third kappa shape index (κ3) is 3.72. The minimum atomic E-state index is -0.208. The van der Waals surface area contributed by atoms with Crippen molar-refractivity contribution in [3.8, 4) is 11.5 Å². The molecule has 0 saturated heterocycles. The quantitative estimate of drug-likeness (QED) is 0.851. The highest BCUT2D eigenvalue weighted by Gasteiger charge is 2.24. The van der Waals surface area contributed by atoms with Gasteiger partial charge in [0.05, 0.1) is 0 Å². The highest BCUT2D eigenvalue weighted by molar-refractivity contribution is 5.74. The molecule has 0 atom stereocenters. The molecular formula is C17H24N2O3. The van der Waals surface area contributed by atoms with Gasteiger partial charge in [0.15, 0.2) is 11.5 Å². The lowest BCUT2D eigenvalue weighted by molar-refractivity contribution is 0.171. The maximum atomic E-state index is 12.0. The van der Waals surface area contributed by atoms with Crippen molar-refractivity contribution in [2.45, 2.75) is 19.3 Å². The Morgan fingerprint density at radius 3 is 2.73 bits per heavy atom. The lowest BCUT2D eigenvalue weighted by atomic mass is 9.84. The van der Waals surface area contributed by atoms with Gasteiger partial charge >= 0.3 is 6.03 Å². The van der Waals surface area contributed by atoms with Gasteiger partial charge in [-0.1, -0.05) is 26.0 Å². The van der Waals surface area contributed by atoms with Gasteiger partial charge < -0.3 is 19.7 Å². The van der Waals surface area contributed by atoms with E-state index in [2.05, 4.69) is 25.7 Å². The molecule has 22 heavy (non-hydrogen) atoms. The van der Waals surface area contributed by atoms with Gasteiger partial charge in [-0.15, -0.1) is 6.58 Å². The van der Waals surface area contributed by atoms with Gasteiger partial charge in [-0.3, -0.25) is 0 Å². The molecule has 0 radical (unpaired) electrons. The molecule has 1 aromatic rings. The minimum absolute atomic E-state index is 0.106. The number of urea groups is 1. The summed E-state index contributed by atoms with van der Waals surface area (Å²) in [5.74, 6) is 1.55. The van der Waals surface area contributed by atoms with Crippen molar-refractivity contribution in [2.75, 3.05) is 33.4 Å². The topological polar surface area (TPSA) is 50.8 Å². The average molecular weight is 304 g/mol. The lowest BCUT2D eigenvalue weighted by Crippen LogP contribution is -2.43. The van der Waals surface area contributed by atoms with Crippen LogP contribution in [0.5, 0.6) is 11.5 Å². The van der Waals surface area contributed by atoms with E-state index in [1.807, 2.05) is 18.2 Å².